The third kappa shape index (κ3) is 2.27. The second-order valence-corrected chi connectivity index (χ2v) is 4.39. The molecule has 0 aliphatic carbocycles. The molecule has 2 aromatic rings. The lowest BCUT2D eigenvalue weighted by atomic mass is 10.2. The summed E-state index contributed by atoms with van der Waals surface area (Å²) < 4.78 is 2.07. The van der Waals surface area contributed by atoms with Gasteiger partial charge in [-0.15, -0.1) is 10.2 Å². The van der Waals surface area contributed by atoms with Crippen molar-refractivity contribution in [2.75, 3.05) is 0 Å². The first-order valence-electron chi connectivity index (χ1n) is 5.47. The number of aromatic nitrogens is 4. The maximum atomic E-state index is 4.27. The Morgan fingerprint density at radius 2 is 2.12 bits per heavy atom. The van der Waals surface area contributed by atoms with Crippen LogP contribution in [0.5, 0.6) is 0 Å². The fourth-order valence-electron chi connectivity index (χ4n) is 1.61. The van der Waals surface area contributed by atoms with Crippen LogP contribution in [-0.2, 0) is 6.54 Å². The molecule has 0 saturated heterocycles. The highest BCUT2D eigenvalue weighted by atomic mass is 15.3. The first kappa shape index (κ1) is 10.8. The number of hydrogen-bond acceptors (Lipinski definition) is 3. The first-order chi connectivity index (χ1) is 7.66. The molecular formula is C12H16N4. The zero-order valence-corrected chi connectivity index (χ0v) is 9.88. The molecule has 0 radical (unpaired) electrons. The van der Waals surface area contributed by atoms with Crippen molar-refractivity contribution >= 4 is 0 Å². The number of hydrogen-bond donors (Lipinski definition) is 0. The van der Waals surface area contributed by atoms with E-state index in [1.807, 2.05) is 25.3 Å². The van der Waals surface area contributed by atoms with Gasteiger partial charge in [-0.05, 0) is 25.0 Å². The van der Waals surface area contributed by atoms with Crippen molar-refractivity contribution in [3.05, 3.63) is 30.4 Å². The van der Waals surface area contributed by atoms with Crippen molar-refractivity contribution in [2.24, 2.45) is 5.92 Å². The van der Waals surface area contributed by atoms with Crippen molar-refractivity contribution in [2.45, 2.75) is 27.3 Å². The maximum Gasteiger partial charge on any atom is 0.165 e. The molecule has 0 aromatic carbocycles. The van der Waals surface area contributed by atoms with Crippen LogP contribution in [0.15, 0.2) is 24.7 Å². The Labute approximate surface area is 95.4 Å². The van der Waals surface area contributed by atoms with Gasteiger partial charge in [-0.2, -0.15) is 0 Å². The zero-order valence-electron chi connectivity index (χ0n) is 9.88. The van der Waals surface area contributed by atoms with Crippen LogP contribution in [0, 0.1) is 12.8 Å². The van der Waals surface area contributed by atoms with Crippen LogP contribution in [0.25, 0.3) is 11.4 Å². The van der Waals surface area contributed by atoms with Crippen molar-refractivity contribution in [1.82, 2.24) is 19.7 Å². The lowest BCUT2D eigenvalue weighted by molar-refractivity contribution is 0.525. The normalized spacial score (nSPS) is 11.0. The van der Waals surface area contributed by atoms with Crippen LogP contribution >= 0.6 is 0 Å². The van der Waals surface area contributed by atoms with Gasteiger partial charge in [0.25, 0.3) is 0 Å². The van der Waals surface area contributed by atoms with Crippen LogP contribution in [-0.4, -0.2) is 19.7 Å². The Morgan fingerprint density at radius 3 is 2.75 bits per heavy atom. The SMILES string of the molecule is Cc1ccc(-c2nncn2CC(C)C)cn1. The molecule has 2 heterocycles. The topological polar surface area (TPSA) is 43.6 Å². The third-order valence-corrected chi connectivity index (χ3v) is 2.35. The molecule has 2 rings (SSSR count). The molecule has 0 unspecified atom stereocenters. The van der Waals surface area contributed by atoms with Crippen LogP contribution in [0.4, 0.5) is 0 Å². The minimum Gasteiger partial charge on any atom is -0.313 e. The Kier molecular flexibility index (Phi) is 2.99. The van der Waals surface area contributed by atoms with E-state index < -0.39 is 0 Å². The summed E-state index contributed by atoms with van der Waals surface area (Å²) in [7, 11) is 0. The minimum atomic E-state index is 0.577. The molecule has 0 N–H and O–H groups in total. The van der Waals surface area contributed by atoms with Crippen LogP contribution in [0.1, 0.15) is 19.5 Å². The van der Waals surface area contributed by atoms with E-state index in [4.69, 9.17) is 0 Å². The van der Waals surface area contributed by atoms with Crippen LogP contribution in [0.2, 0.25) is 0 Å². The van der Waals surface area contributed by atoms with Crippen molar-refractivity contribution in [1.29, 1.82) is 0 Å². The average Bonchev–Trinajstić information content (AvgIpc) is 2.66. The second kappa shape index (κ2) is 4.43. The summed E-state index contributed by atoms with van der Waals surface area (Å²) in [4.78, 5) is 4.27. The number of pyridine rings is 1. The van der Waals surface area contributed by atoms with Gasteiger partial charge in [0.2, 0.25) is 0 Å². The summed E-state index contributed by atoms with van der Waals surface area (Å²) in [5.74, 6) is 1.47. The molecule has 0 aliphatic rings. The quantitative estimate of drug-likeness (QED) is 0.790. The molecule has 4 heteroatoms. The van der Waals surface area contributed by atoms with Gasteiger partial charge in [0.15, 0.2) is 5.82 Å². The van der Waals surface area contributed by atoms with Gasteiger partial charge in [-0.25, -0.2) is 0 Å². The van der Waals surface area contributed by atoms with E-state index in [0.717, 1.165) is 23.6 Å². The Balaban J connectivity index is 2.33. The predicted molar refractivity (Wildman–Crippen MR) is 62.8 cm³/mol. The van der Waals surface area contributed by atoms with E-state index in [1.165, 1.54) is 0 Å². The molecule has 0 aliphatic heterocycles. The number of aryl methyl sites for hydroxylation is 1. The highest BCUT2D eigenvalue weighted by molar-refractivity contribution is 5.53. The van der Waals surface area contributed by atoms with E-state index in [0.29, 0.717) is 5.92 Å². The summed E-state index contributed by atoms with van der Waals surface area (Å²) in [5.41, 5.74) is 2.03. The third-order valence-electron chi connectivity index (χ3n) is 2.35. The highest BCUT2D eigenvalue weighted by Crippen LogP contribution is 2.16. The summed E-state index contributed by atoms with van der Waals surface area (Å²) in [5, 5.41) is 8.10. The Morgan fingerprint density at radius 1 is 1.31 bits per heavy atom. The van der Waals surface area contributed by atoms with E-state index in [-0.39, 0.29) is 0 Å². The molecule has 0 bridgehead atoms. The molecule has 16 heavy (non-hydrogen) atoms. The fraction of sp³-hybridized carbons (Fsp3) is 0.417. The molecule has 4 nitrogen and oxygen atoms in total. The Hall–Kier alpha value is -1.71. The van der Waals surface area contributed by atoms with Crippen LogP contribution < -0.4 is 0 Å². The van der Waals surface area contributed by atoms with Gasteiger partial charge in [0, 0.05) is 24.0 Å². The molecule has 0 amide bonds. The predicted octanol–water partition coefficient (Wildman–Crippen LogP) is 2.30. The molecule has 0 atom stereocenters. The van der Waals surface area contributed by atoms with Gasteiger partial charge >= 0.3 is 0 Å². The summed E-state index contributed by atoms with van der Waals surface area (Å²) in [6, 6.07) is 4.02. The molecule has 84 valence electrons. The average molecular weight is 216 g/mol. The Bertz CT molecular complexity index is 456. The molecule has 2 aromatic heterocycles. The van der Waals surface area contributed by atoms with E-state index in [2.05, 4.69) is 33.6 Å². The lowest BCUT2D eigenvalue weighted by Crippen LogP contribution is -2.05. The molecular weight excluding hydrogens is 200 g/mol. The minimum absolute atomic E-state index is 0.577. The van der Waals surface area contributed by atoms with E-state index >= 15 is 0 Å². The first-order valence-corrected chi connectivity index (χ1v) is 5.47. The van der Waals surface area contributed by atoms with Crippen molar-refractivity contribution in [3.8, 4) is 11.4 Å². The summed E-state index contributed by atoms with van der Waals surface area (Å²) >= 11 is 0. The van der Waals surface area contributed by atoms with Gasteiger partial charge in [0.1, 0.15) is 6.33 Å². The fourth-order valence-corrected chi connectivity index (χ4v) is 1.61. The van der Waals surface area contributed by atoms with Gasteiger partial charge in [-0.1, -0.05) is 13.8 Å². The largest absolute Gasteiger partial charge is 0.313 e. The van der Waals surface area contributed by atoms with Crippen molar-refractivity contribution in [3.63, 3.8) is 0 Å². The number of rotatable bonds is 3. The second-order valence-electron chi connectivity index (χ2n) is 4.39. The van der Waals surface area contributed by atoms with Gasteiger partial charge < -0.3 is 4.57 Å². The molecule has 0 spiro atoms. The maximum absolute atomic E-state index is 4.27. The van der Waals surface area contributed by atoms with E-state index in [9.17, 15) is 0 Å². The summed E-state index contributed by atoms with van der Waals surface area (Å²) in [6.07, 6.45) is 3.62. The smallest absolute Gasteiger partial charge is 0.165 e. The van der Waals surface area contributed by atoms with E-state index in [1.54, 1.807) is 6.33 Å². The number of nitrogens with zero attached hydrogens (tertiary/aromatic N) is 4. The summed E-state index contributed by atoms with van der Waals surface area (Å²) in [6.45, 7) is 7.26. The molecule has 0 fully saturated rings. The van der Waals surface area contributed by atoms with Gasteiger partial charge in [-0.3, -0.25) is 4.98 Å². The zero-order chi connectivity index (χ0) is 11.5. The van der Waals surface area contributed by atoms with Crippen LogP contribution in [0.3, 0.4) is 0 Å². The lowest BCUT2D eigenvalue weighted by Gasteiger charge is -2.08. The highest BCUT2D eigenvalue weighted by Gasteiger charge is 2.08. The van der Waals surface area contributed by atoms with Gasteiger partial charge in [0.05, 0.1) is 0 Å². The molecule has 0 saturated carbocycles. The van der Waals surface area contributed by atoms with Crippen molar-refractivity contribution < 1.29 is 0 Å². The standard InChI is InChI=1S/C12H16N4/c1-9(2)7-16-8-14-15-12(16)11-5-4-10(3)13-6-11/h4-6,8-9H,7H2,1-3H3. The monoisotopic (exact) mass is 216 g/mol.